The van der Waals surface area contributed by atoms with Crippen molar-refractivity contribution in [3.05, 3.63) is 23.8 Å². The van der Waals surface area contributed by atoms with Crippen LogP contribution < -0.4 is 15.2 Å². The quantitative estimate of drug-likeness (QED) is 0.278. The minimum Gasteiger partial charge on any atom is -0.461 e. The molecule has 0 saturated heterocycles. The molecule has 0 aliphatic rings. The Balaban J connectivity index is 2.95. The van der Waals surface area contributed by atoms with E-state index in [1.807, 2.05) is 48.5 Å². The summed E-state index contributed by atoms with van der Waals surface area (Å²) in [5, 5.41) is 0. The minimum absolute atomic E-state index is 0.0726. The number of hydrogen-bond acceptors (Lipinski definition) is 9. The standard InChI is InChI=1S/C30H47NO8/c1-11-30(9,10)27(35)36-18-19(2)37-26(34)21(31)14-20-12-13-22(38-24(32)16-28(3,4)5)23(15-20)39-25(33)17-29(6,7)8/h12-13,15,19,21H,11,14,16-18,31H2,1-10H3/t19-,21-/m0/s1. The zero-order chi connectivity index (χ0) is 30.2. The first kappa shape index (κ1) is 34.1. The number of carbonyl (C=O) groups is 4. The number of carbonyl (C=O) groups excluding carboxylic acids is 4. The molecule has 1 rings (SSSR count). The molecule has 2 N–H and O–H groups in total. The molecule has 9 heteroatoms. The van der Waals surface area contributed by atoms with Crippen LogP contribution in [-0.4, -0.2) is 42.6 Å². The minimum atomic E-state index is -1.03. The second-order valence-corrected chi connectivity index (χ2v) is 13.1. The first-order valence-electron chi connectivity index (χ1n) is 13.4. The molecule has 1 aromatic rings. The molecular weight excluding hydrogens is 502 g/mol. The maximum atomic E-state index is 12.6. The van der Waals surface area contributed by atoms with Crippen LogP contribution >= 0.6 is 0 Å². The fourth-order valence-corrected chi connectivity index (χ4v) is 3.22. The van der Waals surface area contributed by atoms with Crippen molar-refractivity contribution in [1.29, 1.82) is 0 Å². The van der Waals surface area contributed by atoms with Crippen LogP contribution in [0.5, 0.6) is 11.5 Å². The highest BCUT2D eigenvalue weighted by Gasteiger charge is 2.28. The van der Waals surface area contributed by atoms with Gasteiger partial charge in [0.25, 0.3) is 0 Å². The number of esters is 4. The van der Waals surface area contributed by atoms with E-state index in [0.29, 0.717) is 12.0 Å². The van der Waals surface area contributed by atoms with Crippen LogP contribution in [-0.2, 0) is 35.1 Å². The normalized spacial score (nSPS) is 13.7. The van der Waals surface area contributed by atoms with Gasteiger partial charge in [-0.05, 0) is 62.1 Å². The molecule has 39 heavy (non-hydrogen) atoms. The van der Waals surface area contributed by atoms with Gasteiger partial charge >= 0.3 is 23.9 Å². The van der Waals surface area contributed by atoms with E-state index in [1.165, 1.54) is 12.1 Å². The van der Waals surface area contributed by atoms with Crippen molar-refractivity contribution in [2.24, 2.45) is 22.0 Å². The number of hydrogen-bond donors (Lipinski definition) is 1. The van der Waals surface area contributed by atoms with Gasteiger partial charge in [0.15, 0.2) is 11.5 Å². The van der Waals surface area contributed by atoms with Gasteiger partial charge in [-0.2, -0.15) is 0 Å². The van der Waals surface area contributed by atoms with E-state index in [-0.39, 0.29) is 54.2 Å². The lowest BCUT2D eigenvalue weighted by molar-refractivity contribution is -0.164. The summed E-state index contributed by atoms with van der Waals surface area (Å²) < 4.78 is 21.7. The number of rotatable bonds is 12. The van der Waals surface area contributed by atoms with Gasteiger partial charge < -0.3 is 24.7 Å². The maximum absolute atomic E-state index is 12.6. The molecule has 0 aliphatic carbocycles. The lowest BCUT2D eigenvalue weighted by Gasteiger charge is -2.22. The van der Waals surface area contributed by atoms with Crippen molar-refractivity contribution in [3.8, 4) is 11.5 Å². The Labute approximate surface area is 233 Å². The van der Waals surface area contributed by atoms with Crippen LogP contribution in [0.1, 0.15) is 94.1 Å². The van der Waals surface area contributed by atoms with Gasteiger partial charge in [0.05, 0.1) is 18.3 Å². The summed E-state index contributed by atoms with van der Waals surface area (Å²) in [5.41, 5.74) is 5.46. The third-order valence-electron chi connectivity index (χ3n) is 5.77. The van der Waals surface area contributed by atoms with E-state index in [1.54, 1.807) is 26.8 Å². The number of nitrogens with two attached hydrogens (primary N) is 1. The van der Waals surface area contributed by atoms with Crippen LogP contribution in [0.25, 0.3) is 0 Å². The predicted molar refractivity (Wildman–Crippen MR) is 148 cm³/mol. The first-order chi connectivity index (χ1) is 17.7. The van der Waals surface area contributed by atoms with Crippen molar-refractivity contribution < 1.29 is 38.1 Å². The average Bonchev–Trinajstić information content (AvgIpc) is 2.76. The molecular formula is C30H47NO8. The van der Waals surface area contributed by atoms with E-state index >= 15 is 0 Å². The van der Waals surface area contributed by atoms with Crippen LogP contribution in [0.2, 0.25) is 0 Å². The Morgan fingerprint density at radius 2 is 1.36 bits per heavy atom. The molecule has 9 nitrogen and oxygen atoms in total. The second-order valence-electron chi connectivity index (χ2n) is 13.1. The van der Waals surface area contributed by atoms with E-state index in [4.69, 9.17) is 24.7 Å². The summed E-state index contributed by atoms with van der Waals surface area (Å²) in [7, 11) is 0. The topological polar surface area (TPSA) is 131 Å². The summed E-state index contributed by atoms with van der Waals surface area (Å²) in [6.07, 6.45) is 0.334. The number of ether oxygens (including phenoxy) is 4. The molecule has 0 amide bonds. The second kappa shape index (κ2) is 13.9. The van der Waals surface area contributed by atoms with Crippen LogP contribution in [0.15, 0.2) is 18.2 Å². The average molecular weight is 550 g/mol. The van der Waals surface area contributed by atoms with E-state index in [9.17, 15) is 19.2 Å². The molecule has 0 aliphatic heterocycles. The van der Waals surface area contributed by atoms with Crippen molar-refractivity contribution in [3.63, 3.8) is 0 Å². The summed E-state index contributed by atoms with van der Waals surface area (Å²) in [5.74, 6) is -1.79. The summed E-state index contributed by atoms with van der Waals surface area (Å²) in [6.45, 7) is 18.5. The van der Waals surface area contributed by atoms with Crippen LogP contribution in [0, 0.1) is 16.2 Å². The highest BCUT2D eigenvalue weighted by Crippen LogP contribution is 2.32. The van der Waals surface area contributed by atoms with Crippen molar-refractivity contribution in [2.45, 2.75) is 107 Å². The SMILES string of the molecule is CCC(C)(C)C(=O)OC[C@H](C)OC(=O)[C@@H](N)Cc1ccc(OC(=O)CC(C)(C)C)c(OC(=O)CC(C)(C)C)c1. The highest BCUT2D eigenvalue weighted by atomic mass is 16.6. The Bertz CT molecular complexity index is 1020. The van der Waals surface area contributed by atoms with Gasteiger partial charge in [0, 0.05) is 0 Å². The van der Waals surface area contributed by atoms with Crippen LogP contribution in [0.4, 0.5) is 0 Å². The fourth-order valence-electron chi connectivity index (χ4n) is 3.22. The molecule has 2 atom stereocenters. The van der Waals surface area contributed by atoms with Crippen LogP contribution in [0.3, 0.4) is 0 Å². The number of benzene rings is 1. The Morgan fingerprint density at radius 1 is 0.846 bits per heavy atom. The third-order valence-corrected chi connectivity index (χ3v) is 5.77. The Kier molecular flexibility index (Phi) is 12.2. The molecule has 0 unspecified atom stereocenters. The van der Waals surface area contributed by atoms with Gasteiger partial charge in [0.2, 0.25) is 0 Å². The predicted octanol–water partition coefficient (Wildman–Crippen LogP) is 5.15. The molecule has 0 aromatic heterocycles. The van der Waals surface area contributed by atoms with Crippen molar-refractivity contribution >= 4 is 23.9 Å². The van der Waals surface area contributed by atoms with Gasteiger partial charge in [-0.25, -0.2) is 0 Å². The molecule has 1 aromatic carbocycles. The summed E-state index contributed by atoms with van der Waals surface area (Å²) in [4.78, 5) is 49.7. The molecule has 0 radical (unpaired) electrons. The molecule has 0 saturated carbocycles. The van der Waals surface area contributed by atoms with Crippen molar-refractivity contribution in [1.82, 2.24) is 0 Å². The lowest BCUT2D eigenvalue weighted by Crippen LogP contribution is -2.38. The van der Waals surface area contributed by atoms with Crippen molar-refractivity contribution in [2.75, 3.05) is 6.61 Å². The smallest absolute Gasteiger partial charge is 0.323 e. The van der Waals surface area contributed by atoms with Gasteiger partial charge in [-0.1, -0.05) is 54.5 Å². The fraction of sp³-hybridized carbons (Fsp3) is 0.667. The zero-order valence-corrected chi connectivity index (χ0v) is 25.3. The highest BCUT2D eigenvalue weighted by molar-refractivity contribution is 5.78. The first-order valence-corrected chi connectivity index (χ1v) is 13.4. The van der Waals surface area contributed by atoms with Gasteiger partial charge in [0.1, 0.15) is 18.8 Å². The summed E-state index contributed by atoms with van der Waals surface area (Å²) in [6, 6.07) is 3.67. The maximum Gasteiger partial charge on any atom is 0.323 e. The summed E-state index contributed by atoms with van der Waals surface area (Å²) >= 11 is 0. The molecule has 0 spiro atoms. The molecule has 0 bridgehead atoms. The van der Waals surface area contributed by atoms with Gasteiger partial charge in [-0.15, -0.1) is 0 Å². The largest absolute Gasteiger partial charge is 0.461 e. The monoisotopic (exact) mass is 549 g/mol. The van der Waals surface area contributed by atoms with E-state index in [0.717, 1.165) is 0 Å². The van der Waals surface area contributed by atoms with E-state index < -0.39 is 35.5 Å². The zero-order valence-electron chi connectivity index (χ0n) is 25.3. The Hall–Kier alpha value is -2.94. The molecule has 220 valence electrons. The molecule has 0 fully saturated rings. The van der Waals surface area contributed by atoms with E-state index in [2.05, 4.69) is 0 Å². The lowest BCUT2D eigenvalue weighted by atomic mass is 9.91. The molecule has 0 heterocycles. The van der Waals surface area contributed by atoms with Gasteiger partial charge in [-0.3, -0.25) is 19.2 Å². The Morgan fingerprint density at radius 3 is 1.85 bits per heavy atom. The third kappa shape index (κ3) is 13.1.